The molecule has 2 aliphatic carbocycles. The Balaban J connectivity index is 1.52. The highest BCUT2D eigenvalue weighted by molar-refractivity contribution is 5.90. The first-order valence-corrected chi connectivity index (χ1v) is 10.2. The summed E-state index contributed by atoms with van der Waals surface area (Å²) in [6, 6.07) is 5.76. The van der Waals surface area contributed by atoms with Gasteiger partial charge in [0.25, 0.3) is 0 Å². The molecule has 29 heavy (non-hydrogen) atoms. The maximum Gasteiger partial charge on any atom is 0.412 e. The predicted octanol–water partition coefficient (Wildman–Crippen LogP) is 3.18. The monoisotopic (exact) mass is 395 g/mol. The number of benzene rings is 1. The second-order valence-corrected chi connectivity index (χ2v) is 7.42. The number of nitrogens with one attached hydrogen (secondary N) is 1. The second kappa shape index (κ2) is 8.59. The number of carbonyl (C=O) groups is 2. The summed E-state index contributed by atoms with van der Waals surface area (Å²) >= 11 is 0. The van der Waals surface area contributed by atoms with Gasteiger partial charge in [0.15, 0.2) is 0 Å². The summed E-state index contributed by atoms with van der Waals surface area (Å²) in [6.07, 6.45) is 6.16. The van der Waals surface area contributed by atoms with Crippen LogP contribution < -0.4 is 5.32 Å². The zero-order valence-electron chi connectivity index (χ0n) is 16.6. The smallest absolute Gasteiger partial charge is 0.412 e. The van der Waals surface area contributed by atoms with Crippen molar-refractivity contribution in [2.75, 3.05) is 11.9 Å². The Labute approximate surface area is 169 Å². The van der Waals surface area contributed by atoms with Crippen LogP contribution in [0, 0.1) is 0 Å². The number of esters is 1. The van der Waals surface area contributed by atoms with Gasteiger partial charge in [-0.3, -0.25) is 5.32 Å². The fourth-order valence-corrected chi connectivity index (χ4v) is 4.27. The summed E-state index contributed by atoms with van der Waals surface area (Å²) in [5, 5.41) is 10.7. The van der Waals surface area contributed by atoms with Gasteiger partial charge in [-0.1, -0.05) is 6.07 Å². The highest BCUT2D eigenvalue weighted by atomic mass is 16.6. The van der Waals surface area contributed by atoms with E-state index in [0.29, 0.717) is 5.69 Å². The minimum atomic E-state index is -1.07. The lowest BCUT2D eigenvalue weighted by Gasteiger charge is -2.19. The number of hydrogen-bond donors (Lipinski definition) is 1. The first kappa shape index (κ1) is 19.4. The summed E-state index contributed by atoms with van der Waals surface area (Å²) < 4.78 is 10.6. The molecule has 7 heteroatoms. The third-order valence-corrected chi connectivity index (χ3v) is 5.52. The summed E-state index contributed by atoms with van der Waals surface area (Å²) in [5.74, 6) is -0.586. The molecule has 4 rings (SSSR count). The van der Waals surface area contributed by atoms with Crippen molar-refractivity contribution in [1.82, 2.24) is 10.2 Å². The van der Waals surface area contributed by atoms with Crippen molar-refractivity contribution in [3.8, 4) is 0 Å². The van der Waals surface area contributed by atoms with Gasteiger partial charge < -0.3 is 9.47 Å². The Morgan fingerprint density at radius 1 is 1.14 bits per heavy atom. The molecular weight excluding hydrogens is 370 g/mol. The molecule has 1 aromatic heterocycles. The Hall–Kier alpha value is -2.96. The molecule has 7 nitrogen and oxygen atoms in total. The summed E-state index contributed by atoms with van der Waals surface area (Å²) in [5.41, 5.74) is 6.51. The molecule has 152 valence electrons. The highest BCUT2D eigenvalue weighted by Gasteiger charge is 2.29. The van der Waals surface area contributed by atoms with Crippen LogP contribution in [0.4, 0.5) is 10.5 Å². The SMILES string of the molecule is CCOC(=O)C(Cc1cccnn1)OC(=O)Nc1c2c(cc3c1CCC3)CCC2. The Morgan fingerprint density at radius 2 is 1.86 bits per heavy atom. The van der Waals surface area contributed by atoms with E-state index in [2.05, 4.69) is 21.6 Å². The predicted molar refractivity (Wildman–Crippen MR) is 107 cm³/mol. The number of hydrogen-bond acceptors (Lipinski definition) is 6. The van der Waals surface area contributed by atoms with E-state index in [1.165, 1.54) is 22.3 Å². The maximum atomic E-state index is 12.7. The zero-order valence-corrected chi connectivity index (χ0v) is 16.6. The van der Waals surface area contributed by atoms with Gasteiger partial charge in [0.2, 0.25) is 6.10 Å². The second-order valence-electron chi connectivity index (χ2n) is 7.42. The molecule has 0 saturated heterocycles. The molecular formula is C22H25N3O4. The Morgan fingerprint density at radius 3 is 2.48 bits per heavy atom. The van der Waals surface area contributed by atoms with Crippen LogP contribution in [-0.2, 0) is 46.4 Å². The third-order valence-electron chi connectivity index (χ3n) is 5.52. The average Bonchev–Trinajstić information content (AvgIpc) is 3.37. The number of fused-ring (bicyclic) bond motifs is 2. The number of carbonyl (C=O) groups excluding carboxylic acids is 2. The molecule has 0 fully saturated rings. The van der Waals surface area contributed by atoms with Crippen LogP contribution in [0.3, 0.4) is 0 Å². The van der Waals surface area contributed by atoms with E-state index in [-0.39, 0.29) is 13.0 Å². The number of ether oxygens (including phenoxy) is 2. The molecule has 0 radical (unpaired) electrons. The molecule has 1 N–H and O–H groups in total. The van der Waals surface area contributed by atoms with E-state index in [0.717, 1.165) is 44.2 Å². The third kappa shape index (κ3) is 4.23. The average molecular weight is 395 g/mol. The van der Waals surface area contributed by atoms with Crippen LogP contribution in [0.1, 0.15) is 47.7 Å². The van der Waals surface area contributed by atoms with Crippen molar-refractivity contribution in [2.45, 2.75) is 58.0 Å². The molecule has 0 aliphatic heterocycles. The van der Waals surface area contributed by atoms with Crippen LogP contribution in [0.15, 0.2) is 24.4 Å². The summed E-state index contributed by atoms with van der Waals surface area (Å²) in [6.45, 7) is 1.93. The first-order chi connectivity index (χ1) is 14.2. The number of rotatable bonds is 6. The maximum absolute atomic E-state index is 12.7. The van der Waals surface area contributed by atoms with Crippen molar-refractivity contribution in [1.29, 1.82) is 0 Å². The van der Waals surface area contributed by atoms with Crippen molar-refractivity contribution in [3.63, 3.8) is 0 Å². The number of aryl methyl sites for hydroxylation is 2. The number of amides is 1. The lowest BCUT2D eigenvalue weighted by molar-refractivity contribution is -0.152. The lowest BCUT2D eigenvalue weighted by atomic mass is 9.99. The van der Waals surface area contributed by atoms with Gasteiger partial charge in [-0.15, -0.1) is 0 Å². The van der Waals surface area contributed by atoms with E-state index in [1.54, 1.807) is 25.3 Å². The van der Waals surface area contributed by atoms with E-state index in [4.69, 9.17) is 9.47 Å². The fourth-order valence-electron chi connectivity index (χ4n) is 4.27. The molecule has 2 aliphatic rings. The largest absolute Gasteiger partial charge is 0.463 e. The molecule has 1 heterocycles. The molecule has 1 atom stereocenters. The van der Waals surface area contributed by atoms with Crippen LogP contribution in [0.5, 0.6) is 0 Å². The van der Waals surface area contributed by atoms with Crippen molar-refractivity contribution < 1.29 is 19.1 Å². The number of anilines is 1. The van der Waals surface area contributed by atoms with Crippen molar-refractivity contribution >= 4 is 17.7 Å². The molecule has 1 aromatic carbocycles. The molecule has 1 amide bonds. The molecule has 0 saturated carbocycles. The van der Waals surface area contributed by atoms with Crippen LogP contribution >= 0.6 is 0 Å². The Kier molecular flexibility index (Phi) is 5.74. The zero-order chi connectivity index (χ0) is 20.2. The summed E-state index contributed by atoms with van der Waals surface area (Å²) in [7, 11) is 0. The van der Waals surface area contributed by atoms with Gasteiger partial charge in [-0.05, 0) is 79.8 Å². The van der Waals surface area contributed by atoms with Crippen LogP contribution in [0.2, 0.25) is 0 Å². The molecule has 0 bridgehead atoms. The minimum Gasteiger partial charge on any atom is -0.463 e. The van der Waals surface area contributed by atoms with Gasteiger partial charge in [0, 0.05) is 12.6 Å². The highest BCUT2D eigenvalue weighted by Crippen LogP contribution is 2.38. The fraction of sp³-hybridized carbons (Fsp3) is 0.455. The van der Waals surface area contributed by atoms with E-state index in [1.807, 2.05) is 0 Å². The number of aromatic nitrogens is 2. The normalized spacial score (nSPS) is 15.3. The minimum absolute atomic E-state index is 0.116. The first-order valence-electron chi connectivity index (χ1n) is 10.2. The standard InChI is InChI=1S/C22H25N3O4/c1-2-28-21(26)19(13-16-8-5-11-23-25-16)29-22(27)24-20-17-9-3-6-14(17)12-15-7-4-10-18(15)20/h5,8,11-12,19H,2-4,6-7,9-10,13H2,1H3,(H,24,27). The van der Waals surface area contributed by atoms with Crippen LogP contribution in [-0.4, -0.2) is 35.0 Å². The van der Waals surface area contributed by atoms with Gasteiger partial charge in [-0.25, -0.2) is 9.59 Å². The van der Waals surface area contributed by atoms with E-state index >= 15 is 0 Å². The Bertz CT molecular complexity index is 882. The van der Waals surface area contributed by atoms with E-state index < -0.39 is 18.2 Å². The molecule has 1 unspecified atom stereocenters. The van der Waals surface area contributed by atoms with Crippen LogP contribution in [0.25, 0.3) is 0 Å². The van der Waals surface area contributed by atoms with Gasteiger partial charge in [-0.2, -0.15) is 10.2 Å². The van der Waals surface area contributed by atoms with E-state index in [9.17, 15) is 9.59 Å². The molecule has 2 aromatic rings. The van der Waals surface area contributed by atoms with Crippen molar-refractivity contribution in [2.24, 2.45) is 0 Å². The van der Waals surface area contributed by atoms with Gasteiger partial charge in [0.1, 0.15) is 0 Å². The quantitative estimate of drug-likeness (QED) is 0.756. The summed E-state index contributed by atoms with van der Waals surface area (Å²) in [4.78, 5) is 25.1. The van der Waals surface area contributed by atoms with Crippen molar-refractivity contribution in [3.05, 3.63) is 52.3 Å². The van der Waals surface area contributed by atoms with Gasteiger partial charge >= 0.3 is 12.1 Å². The topological polar surface area (TPSA) is 90.4 Å². The lowest BCUT2D eigenvalue weighted by Crippen LogP contribution is -2.33. The number of nitrogens with zero attached hydrogens (tertiary/aromatic N) is 2. The van der Waals surface area contributed by atoms with Gasteiger partial charge in [0.05, 0.1) is 18.0 Å². The molecule has 0 spiro atoms.